The van der Waals surface area contributed by atoms with Gasteiger partial charge in [0.05, 0.1) is 0 Å². The molecule has 2 aromatic rings. The maximum atomic E-state index is 11.9. The summed E-state index contributed by atoms with van der Waals surface area (Å²) in [4.78, 5) is 11.9. The SMILES string of the molecule is O=C1CCCc2c1cc(Br)c1ccccc21. The zero-order chi connectivity index (χ0) is 11.1. The van der Waals surface area contributed by atoms with E-state index in [0.717, 1.165) is 22.9 Å². The van der Waals surface area contributed by atoms with E-state index in [1.54, 1.807) is 0 Å². The Labute approximate surface area is 103 Å². The second-order valence-electron chi connectivity index (χ2n) is 4.21. The third-order valence-corrected chi connectivity index (χ3v) is 3.89. The average Bonchev–Trinajstić information content (AvgIpc) is 2.31. The van der Waals surface area contributed by atoms with Gasteiger partial charge in [-0.25, -0.2) is 0 Å². The van der Waals surface area contributed by atoms with Gasteiger partial charge < -0.3 is 0 Å². The molecular formula is C14H11BrO. The van der Waals surface area contributed by atoms with E-state index in [4.69, 9.17) is 0 Å². The van der Waals surface area contributed by atoms with E-state index in [0.29, 0.717) is 6.42 Å². The van der Waals surface area contributed by atoms with E-state index in [1.165, 1.54) is 16.3 Å². The van der Waals surface area contributed by atoms with Crippen LogP contribution in [0, 0.1) is 0 Å². The molecule has 0 spiro atoms. The van der Waals surface area contributed by atoms with Gasteiger partial charge >= 0.3 is 0 Å². The Bertz CT molecular complexity index is 587. The maximum Gasteiger partial charge on any atom is 0.163 e. The molecule has 0 N–H and O–H groups in total. The average molecular weight is 275 g/mol. The second kappa shape index (κ2) is 3.70. The minimum absolute atomic E-state index is 0.285. The van der Waals surface area contributed by atoms with Crippen molar-refractivity contribution in [2.45, 2.75) is 19.3 Å². The van der Waals surface area contributed by atoms with E-state index in [9.17, 15) is 4.79 Å². The number of carbonyl (C=O) groups excluding carboxylic acids is 1. The summed E-state index contributed by atoms with van der Waals surface area (Å²) in [6, 6.07) is 10.3. The van der Waals surface area contributed by atoms with Gasteiger partial charge in [-0.15, -0.1) is 0 Å². The van der Waals surface area contributed by atoms with Crippen LogP contribution in [0.15, 0.2) is 34.8 Å². The molecule has 0 heterocycles. The molecule has 0 amide bonds. The van der Waals surface area contributed by atoms with Crippen LogP contribution in [-0.2, 0) is 6.42 Å². The van der Waals surface area contributed by atoms with E-state index < -0.39 is 0 Å². The van der Waals surface area contributed by atoms with Crippen LogP contribution in [0.2, 0.25) is 0 Å². The number of ketones is 1. The lowest BCUT2D eigenvalue weighted by Gasteiger charge is -2.17. The Morgan fingerprint density at radius 3 is 2.62 bits per heavy atom. The molecule has 0 radical (unpaired) electrons. The number of Topliss-reactive ketones (excluding diaryl/α,β-unsaturated/α-hetero) is 1. The van der Waals surface area contributed by atoms with Crippen LogP contribution in [-0.4, -0.2) is 5.78 Å². The summed E-state index contributed by atoms with van der Waals surface area (Å²) in [5.74, 6) is 0.285. The van der Waals surface area contributed by atoms with Crippen molar-refractivity contribution in [1.29, 1.82) is 0 Å². The highest BCUT2D eigenvalue weighted by Gasteiger charge is 2.20. The van der Waals surface area contributed by atoms with Crippen molar-refractivity contribution in [1.82, 2.24) is 0 Å². The summed E-state index contributed by atoms with van der Waals surface area (Å²) >= 11 is 3.55. The third-order valence-electron chi connectivity index (χ3n) is 3.24. The summed E-state index contributed by atoms with van der Waals surface area (Å²) < 4.78 is 1.03. The minimum Gasteiger partial charge on any atom is -0.294 e. The van der Waals surface area contributed by atoms with Gasteiger partial charge in [0, 0.05) is 16.5 Å². The molecule has 0 atom stereocenters. The Balaban J connectivity index is 2.43. The monoisotopic (exact) mass is 274 g/mol. The minimum atomic E-state index is 0.285. The number of hydrogen-bond donors (Lipinski definition) is 0. The fourth-order valence-electron chi connectivity index (χ4n) is 2.47. The highest BCUT2D eigenvalue weighted by atomic mass is 79.9. The number of carbonyl (C=O) groups is 1. The molecule has 0 aliphatic heterocycles. The molecule has 0 unspecified atom stereocenters. The molecule has 3 rings (SSSR count). The van der Waals surface area contributed by atoms with E-state index in [2.05, 4.69) is 28.1 Å². The molecule has 0 saturated heterocycles. The van der Waals surface area contributed by atoms with Gasteiger partial charge in [0.2, 0.25) is 0 Å². The van der Waals surface area contributed by atoms with Crippen LogP contribution in [0.4, 0.5) is 0 Å². The van der Waals surface area contributed by atoms with Crippen LogP contribution < -0.4 is 0 Å². The first kappa shape index (κ1) is 10.0. The zero-order valence-electron chi connectivity index (χ0n) is 8.79. The Morgan fingerprint density at radius 1 is 1.06 bits per heavy atom. The van der Waals surface area contributed by atoms with Gasteiger partial charge in [-0.3, -0.25) is 4.79 Å². The molecule has 0 fully saturated rings. The van der Waals surface area contributed by atoms with E-state index in [-0.39, 0.29) is 5.78 Å². The molecule has 16 heavy (non-hydrogen) atoms. The van der Waals surface area contributed by atoms with E-state index >= 15 is 0 Å². The molecule has 1 aliphatic carbocycles. The Kier molecular flexibility index (Phi) is 2.32. The number of rotatable bonds is 0. The quantitative estimate of drug-likeness (QED) is 0.706. The predicted octanol–water partition coefficient (Wildman–Crippen LogP) is 4.12. The fourth-order valence-corrected chi connectivity index (χ4v) is 3.04. The molecule has 2 aromatic carbocycles. The summed E-state index contributed by atoms with van der Waals surface area (Å²) in [6.45, 7) is 0. The van der Waals surface area contributed by atoms with Gasteiger partial charge in [-0.1, -0.05) is 40.2 Å². The molecule has 80 valence electrons. The highest BCUT2D eigenvalue weighted by Crippen LogP contribution is 2.33. The molecule has 0 bridgehead atoms. The first-order chi connectivity index (χ1) is 7.77. The Morgan fingerprint density at radius 2 is 1.81 bits per heavy atom. The number of benzene rings is 2. The van der Waals surface area contributed by atoms with Crippen molar-refractivity contribution in [3.05, 3.63) is 45.9 Å². The highest BCUT2D eigenvalue weighted by molar-refractivity contribution is 9.10. The molecule has 0 aromatic heterocycles. The van der Waals surface area contributed by atoms with Gasteiger partial charge in [0.1, 0.15) is 0 Å². The van der Waals surface area contributed by atoms with E-state index in [1.807, 2.05) is 18.2 Å². The zero-order valence-corrected chi connectivity index (χ0v) is 10.4. The summed E-state index contributed by atoms with van der Waals surface area (Å²) in [5.41, 5.74) is 2.15. The molecule has 0 saturated carbocycles. The van der Waals surface area contributed by atoms with Crippen molar-refractivity contribution in [3.63, 3.8) is 0 Å². The van der Waals surface area contributed by atoms with Gasteiger partial charge in [-0.05, 0) is 35.2 Å². The van der Waals surface area contributed by atoms with Gasteiger partial charge in [0.25, 0.3) is 0 Å². The lowest BCUT2D eigenvalue weighted by atomic mass is 9.87. The van der Waals surface area contributed by atoms with Gasteiger partial charge in [-0.2, -0.15) is 0 Å². The molecule has 2 heteroatoms. The van der Waals surface area contributed by atoms with Crippen LogP contribution in [0.25, 0.3) is 10.8 Å². The third kappa shape index (κ3) is 1.40. The molecular weight excluding hydrogens is 264 g/mol. The van der Waals surface area contributed by atoms with Crippen LogP contribution in [0.3, 0.4) is 0 Å². The fraction of sp³-hybridized carbons (Fsp3) is 0.214. The standard InChI is InChI=1S/C14H11BrO/c15-13-8-12-10(6-3-7-14(12)16)9-4-1-2-5-11(9)13/h1-2,4-5,8H,3,6-7H2. The first-order valence-corrected chi connectivity index (χ1v) is 6.30. The van der Waals surface area contributed by atoms with Crippen LogP contribution in [0.1, 0.15) is 28.8 Å². The number of fused-ring (bicyclic) bond motifs is 3. The summed E-state index contributed by atoms with van der Waals surface area (Å²) in [7, 11) is 0. The largest absolute Gasteiger partial charge is 0.294 e. The summed E-state index contributed by atoms with van der Waals surface area (Å²) in [5, 5.41) is 2.43. The van der Waals surface area contributed by atoms with Crippen LogP contribution in [0.5, 0.6) is 0 Å². The number of halogens is 1. The first-order valence-electron chi connectivity index (χ1n) is 5.50. The number of aryl methyl sites for hydroxylation is 1. The lowest BCUT2D eigenvalue weighted by molar-refractivity contribution is 0.0973. The normalized spacial score (nSPS) is 15.2. The lowest BCUT2D eigenvalue weighted by Crippen LogP contribution is -2.11. The summed E-state index contributed by atoms with van der Waals surface area (Å²) in [6.07, 6.45) is 2.70. The predicted molar refractivity (Wildman–Crippen MR) is 68.9 cm³/mol. The van der Waals surface area contributed by atoms with Crippen molar-refractivity contribution in [2.24, 2.45) is 0 Å². The van der Waals surface area contributed by atoms with Gasteiger partial charge in [0.15, 0.2) is 5.78 Å². The maximum absolute atomic E-state index is 11.9. The Hall–Kier alpha value is -1.15. The number of hydrogen-bond acceptors (Lipinski definition) is 1. The topological polar surface area (TPSA) is 17.1 Å². The second-order valence-corrected chi connectivity index (χ2v) is 5.06. The molecule has 1 aliphatic rings. The molecule has 1 nitrogen and oxygen atoms in total. The van der Waals surface area contributed by atoms with Crippen molar-refractivity contribution < 1.29 is 4.79 Å². The van der Waals surface area contributed by atoms with Crippen molar-refractivity contribution >= 4 is 32.5 Å². The van der Waals surface area contributed by atoms with Crippen molar-refractivity contribution in [2.75, 3.05) is 0 Å². The van der Waals surface area contributed by atoms with Crippen molar-refractivity contribution in [3.8, 4) is 0 Å². The smallest absolute Gasteiger partial charge is 0.163 e. The van der Waals surface area contributed by atoms with Crippen LogP contribution >= 0.6 is 15.9 Å².